The molecule has 0 aliphatic heterocycles. The van der Waals surface area contributed by atoms with Crippen molar-refractivity contribution >= 4 is 17.1 Å². The summed E-state index contributed by atoms with van der Waals surface area (Å²) in [4.78, 5) is 14.2. The van der Waals surface area contributed by atoms with Gasteiger partial charge in [-0.15, -0.1) is 0 Å². The van der Waals surface area contributed by atoms with Gasteiger partial charge in [-0.05, 0) is 53.5 Å². The van der Waals surface area contributed by atoms with Gasteiger partial charge in [0.2, 0.25) is 0 Å². The average Bonchev–Trinajstić information content (AvgIpc) is 2.97. The molecule has 0 atom stereocenters. The normalized spacial score (nSPS) is 14.1. The van der Waals surface area contributed by atoms with E-state index in [-0.39, 0.29) is 11.8 Å². The van der Waals surface area contributed by atoms with Crippen molar-refractivity contribution in [2.24, 2.45) is 0 Å². The Kier molecular flexibility index (Phi) is 7.53. The molecule has 2 heteroatoms. The molecule has 5 rings (SSSR count). The molecule has 0 unspecified atom stereocenters. The van der Waals surface area contributed by atoms with Crippen LogP contribution in [0.15, 0.2) is 133 Å². The molecule has 1 aliphatic carbocycles. The lowest BCUT2D eigenvalue weighted by Crippen LogP contribution is -2.24. The molecule has 178 valence electrons. The molecular weight excluding hydrogens is 438 g/mol. The molecule has 0 saturated carbocycles. The fourth-order valence-electron chi connectivity index (χ4n) is 4.90. The molecule has 0 fully saturated rings. The number of Topliss-reactive ketones (excluding diaryl/α,β-unsaturated/α-hetero) is 1. The van der Waals surface area contributed by atoms with Crippen molar-refractivity contribution in [3.8, 4) is 0 Å². The lowest BCUT2D eigenvalue weighted by molar-refractivity contribution is -0.110. The molecule has 0 aromatic heterocycles. The third-order valence-corrected chi connectivity index (χ3v) is 6.74. The van der Waals surface area contributed by atoms with Gasteiger partial charge in [0, 0.05) is 0 Å². The van der Waals surface area contributed by atoms with Crippen LogP contribution in [-0.2, 0) is 4.79 Å². The smallest absolute Gasteiger partial charge is 0.191 e. The first-order chi connectivity index (χ1) is 17.8. The maximum atomic E-state index is 14.2. The molecular formula is C34H31NO. The van der Waals surface area contributed by atoms with E-state index in [1.807, 2.05) is 60.7 Å². The van der Waals surface area contributed by atoms with Gasteiger partial charge >= 0.3 is 0 Å². The van der Waals surface area contributed by atoms with E-state index in [0.717, 1.165) is 64.8 Å². The molecule has 36 heavy (non-hydrogen) atoms. The highest BCUT2D eigenvalue weighted by Gasteiger charge is 2.25. The second kappa shape index (κ2) is 11.5. The Morgan fingerprint density at radius 2 is 1.11 bits per heavy atom. The molecule has 0 saturated heterocycles. The summed E-state index contributed by atoms with van der Waals surface area (Å²) in [5.74, 6) is 0.118. The van der Waals surface area contributed by atoms with E-state index in [2.05, 4.69) is 72.1 Å². The van der Waals surface area contributed by atoms with Crippen LogP contribution < -0.4 is 5.32 Å². The van der Waals surface area contributed by atoms with Crippen molar-refractivity contribution < 1.29 is 4.79 Å². The number of nitrogens with one attached hydrogen (secondary N) is 1. The summed E-state index contributed by atoms with van der Waals surface area (Å²) in [5, 5.41) is 3.85. The topological polar surface area (TPSA) is 29.1 Å². The molecule has 2 nitrogen and oxygen atoms in total. The summed E-state index contributed by atoms with van der Waals surface area (Å²) in [6, 6.07) is 41.1. The number of hydrogen-bond acceptors (Lipinski definition) is 2. The Bertz CT molecular complexity index is 1300. The molecule has 4 aromatic carbocycles. The van der Waals surface area contributed by atoms with Gasteiger partial charge < -0.3 is 5.32 Å². The quantitative estimate of drug-likeness (QED) is 0.209. The zero-order chi connectivity index (χ0) is 24.6. The minimum absolute atomic E-state index is 0.116. The Morgan fingerprint density at radius 1 is 0.611 bits per heavy atom. The van der Waals surface area contributed by atoms with E-state index in [9.17, 15) is 4.79 Å². The van der Waals surface area contributed by atoms with Crippen LogP contribution in [0, 0.1) is 0 Å². The van der Waals surface area contributed by atoms with Crippen molar-refractivity contribution in [3.63, 3.8) is 0 Å². The Balaban J connectivity index is 1.73. The monoisotopic (exact) mass is 469 g/mol. The molecule has 4 aromatic rings. The molecule has 0 heterocycles. The minimum Gasteiger partial charge on any atom is -0.373 e. The summed E-state index contributed by atoms with van der Waals surface area (Å²) >= 11 is 0. The first-order valence-corrected chi connectivity index (χ1v) is 12.8. The molecule has 1 N–H and O–H groups in total. The van der Waals surface area contributed by atoms with Gasteiger partial charge in [-0.3, -0.25) is 4.79 Å². The first-order valence-electron chi connectivity index (χ1n) is 12.8. The van der Waals surface area contributed by atoms with Crippen molar-refractivity contribution in [2.45, 2.75) is 31.7 Å². The van der Waals surface area contributed by atoms with Gasteiger partial charge in [0.1, 0.15) is 0 Å². The van der Waals surface area contributed by atoms with E-state index in [4.69, 9.17) is 0 Å². The highest BCUT2D eigenvalue weighted by atomic mass is 16.1. The summed E-state index contributed by atoms with van der Waals surface area (Å²) < 4.78 is 0. The lowest BCUT2D eigenvalue weighted by Gasteiger charge is -2.26. The number of allylic oxidation sites excluding steroid dienone is 3. The van der Waals surface area contributed by atoms with E-state index in [0.29, 0.717) is 0 Å². The SMILES string of the molecule is O=C(C1=CCCCC1)/C(=C(\NC(c1ccccc1)c1ccccc1)c1ccccc1)c1ccccc1. The van der Waals surface area contributed by atoms with Gasteiger partial charge in [-0.1, -0.05) is 127 Å². The third kappa shape index (κ3) is 5.39. The van der Waals surface area contributed by atoms with Crippen molar-refractivity contribution in [1.82, 2.24) is 5.32 Å². The van der Waals surface area contributed by atoms with E-state index in [1.54, 1.807) is 0 Å². The fraction of sp³-hybridized carbons (Fsp3) is 0.147. The van der Waals surface area contributed by atoms with E-state index >= 15 is 0 Å². The highest BCUT2D eigenvalue weighted by Crippen LogP contribution is 2.34. The Morgan fingerprint density at radius 3 is 1.61 bits per heavy atom. The zero-order valence-electron chi connectivity index (χ0n) is 20.4. The van der Waals surface area contributed by atoms with Crippen molar-refractivity contribution in [3.05, 3.63) is 155 Å². The molecule has 0 spiro atoms. The minimum atomic E-state index is -0.116. The maximum absolute atomic E-state index is 14.2. The predicted molar refractivity (Wildman–Crippen MR) is 149 cm³/mol. The molecule has 0 amide bonds. The molecule has 1 aliphatic rings. The standard InChI is InChI=1S/C34H31NO/c36-34(30-24-14-5-15-25-30)31(26-16-6-1-7-17-26)33(29-22-12-4-13-23-29)35-32(27-18-8-2-9-19-27)28-20-10-3-11-21-28/h1-4,6-13,16-24,32,35H,5,14-15,25H2/b33-31-. The average molecular weight is 470 g/mol. The van der Waals surface area contributed by atoms with Gasteiger partial charge in [-0.25, -0.2) is 0 Å². The molecule has 0 bridgehead atoms. The summed E-state index contributed by atoms with van der Waals surface area (Å²) in [6.07, 6.45) is 6.15. The van der Waals surface area contributed by atoms with Crippen molar-refractivity contribution in [2.75, 3.05) is 0 Å². The summed E-state index contributed by atoms with van der Waals surface area (Å²) in [7, 11) is 0. The van der Waals surface area contributed by atoms with Gasteiger partial charge in [0.15, 0.2) is 5.78 Å². The van der Waals surface area contributed by atoms with Crippen LogP contribution in [0.25, 0.3) is 11.3 Å². The predicted octanol–water partition coefficient (Wildman–Crippen LogP) is 8.00. The largest absolute Gasteiger partial charge is 0.373 e. The third-order valence-electron chi connectivity index (χ3n) is 6.74. The first kappa shape index (κ1) is 23.6. The Hall–Kier alpha value is -4.17. The lowest BCUT2D eigenvalue weighted by atomic mass is 9.87. The van der Waals surface area contributed by atoms with E-state index < -0.39 is 0 Å². The zero-order valence-corrected chi connectivity index (χ0v) is 20.4. The Labute approximate surface area is 214 Å². The molecule has 0 radical (unpaired) electrons. The number of hydrogen-bond donors (Lipinski definition) is 1. The van der Waals surface area contributed by atoms with Crippen molar-refractivity contribution in [1.29, 1.82) is 0 Å². The maximum Gasteiger partial charge on any atom is 0.191 e. The van der Waals surface area contributed by atoms with Crippen LogP contribution in [0.3, 0.4) is 0 Å². The van der Waals surface area contributed by atoms with Crippen LogP contribution in [0.2, 0.25) is 0 Å². The second-order valence-electron chi connectivity index (χ2n) is 9.19. The summed E-state index contributed by atoms with van der Waals surface area (Å²) in [5.41, 5.74) is 6.73. The van der Waals surface area contributed by atoms with Gasteiger partial charge in [-0.2, -0.15) is 0 Å². The number of rotatable bonds is 8. The second-order valence-corrected chi connectivity index (χ2v) is 9.19. The van der Waals surface area contributed by atoms with Gasteiger partial charge in [0.25, 0.3) is 0 Å². The number of ketones is 1. The summed E-state index contributed by atoms with van der Waals surface area (Å²) in [6.45, 7) is 0. The highest BCUT2D eigenvalue weighted by molar-refractivity contribution is 6.34. The van der Waals surface area contributed by atoms with Crippen LogP contribution in [0.4, 0.5) is 0 Å². The van der Waals surface area contributed by atoms with Crippen LogP contribution in [-0.4, -0.2) is 5.78 Å². The van der Waals surface area contributed by atoms with Crippen LogP contribution >= 0.6 is 0 Å². The van der Waals surface area contributed by atoms with E-state index in [1.165, 1.54) is 0 Å². The fourth-order valence-corrected chi connectivity index (χ4v) is 4.90. The number of carbonyl (C=O) groups excluding carboxylic acids is 1. The van der Waals surface area contributed by atoms with Gasteiger partial charge in [0.05, 0.1) is 17.3 Å². The number of benzene rings is 4. The van der Waals surface area contributed by atoms with Crippen LogP contribution in [0.1, 0.15) is 54.0 Å². The number of carbonyl (C=O) groups is 1. The van der Waals surface area contributed by atoms with Crippen LogP contribution in [0.5, 0.6) is 0 Å².